The maximum absolute atomic E-state index is 13.7. The van der Waals surface area contributed by atoms with E-state index in [1.54, 1.807) is 0 Å². The fraction of sp³-hybridized carbons (Fsp3) is 0.524. The van der Waals surface area contributed by atoms with Gasteiger partial charge >= 0.3 is 15.6 Å². The summed E-state index contributed by atoms with van der Waals surface area (Å²) in [5, 5.41) is 11.2. The quantitative estimate of drug-likeness (QED) is 0.169. The van der Waals surface area contributed by atoms with Crippen LogP contribution in [0.15, 0.2) is 23.8 Å². The summed E-state index contributed by atoms with van der Waals surface area (Å²) in [5.41, 5.74) is 11.4. The van der Waals surface area contributed by atoms with Gasteiger partial charge in [-0.25, -0.2) is 29.1 Å². The molecule has 9 atom stereocenters. The Balaban J connectivity index is 1.20. The lowest BCUT2D eigenvalue weighted by atomic mass is 10.1. The number of aromatic amines is 1. The molecular weight excluding hydrogens is 646 g/mol. The first kappa shape index (κ1) is 30.3. The van der Waals surface area contributed by atoms with E-state index < -0.39 is 77.4 Å². The van der Waals surface area contributed by atoms with Crippen molar-refractivity contribution in [2.45, 2.75) is 49.4 Å². The second-order valence-corrected chi connectivity index (χ2v) is 13.3. The molecule has 7 N–H and O–H groups in total. The molecule has 24 heteroatoms. The van der Waals surface area contributed by atoms with Crippen LogP contribution in [0.1, 0.15) is 18.9 Å². The number of hydrogen-bond donors (Lipinski definition) is 5. The number of anilines is 2. The first-order valence-corrected chi connectivity index (χ1v) is 16.2. The average Bonchev–Trinajstić information content (AvgIpc) is 3.76. The van der Waals surface area contributed by atoms with Crippen molar-refractivity contribution in [1.29, 1.82) is 0 Å². The van der Waals surface area contributed by atoms with Crippen LogP contribution in [-0.2, 0) is 41.2 Å². The van der Waals surface area contributed by atoms with Crippen molar-refractivity contribution in [3.05, 3.63) is 29.3 Å². The van der Waals surface area contributed by atoms with Gasteiger partial charge in [-0.2, -0.15) is 4.98 Å². The van der Waals surface area contributed by atoms with Crippen LogP contribution in [0.4, 0.5) is 11.8 Å². The summed E-state index contributed by atoms with van der Waals surface area (Å²) in [6.45, 7) is -1.12. The molecule has 7 heterocycles. The van der Waals surface area contributed by atoms with Crippen LogP contribution in [0.2, 0.25) is 0 Å². The Morgan fingerprint density at radius 1 is 0.978 bits per heavy atom. The number of H-pyrrole nitrogens is 1. The predicted octanol–water partition coefficient (Wildman–Crippen LogP) is -0.658. The van der Waals surface area contributed by atoms with Crippen molar-refractivity contribution in [2.75, 3.05) is 31.8 Å². The van der Waals surface area contributed by atoms with Gasteiger partial charge in [0.25, 0.3) is 5.56 Å². The molecule has 3 aliphatic heterocycles. The van der Waals surface area contributed by atoms with Gasteiger partial charge in [-0.15, -0.1) is 0 Å². The van der Waals surface area contributed by atoms with Crippen molar-refractivity contribution in [3.8, 4) is 0 Å². The number of aliphatic hydroxyl groups excluding tert-OH is 1. The van der Waals surface area contributed by atoms with Crippen LogP contribution in [0, 0.1) is 0 Å². The maximum atomic E-state index is 13.7. The number of phosphoric ester groups is 2. The fourth-order valence-corrected chi connectivity index (χ4v) is 7.47. The molecule has 2 bridgehead atoms. The van der Waals surface area contributed by atoms with E-state index in [2.05, 4.69) is 29.9 Å². The summed E-state index contributed by atoms with van der Waals surface area (Å²) >= 11 is 0. The molecule has 0 spiro atoms. The molecule has 242 valence electrons. The van der Waals surface area contributed by atoms with Crippen molar-refractivity contribution in [1.82, 2.24) is 39.0 Å². The van der Waals surface area contributed by atoms with Crippen LogP contribution < -0.4 is 17.0 Å². The first-order valence-electron chi connectivity index (χ1n) is 13.2. The molecule has 0 radical (unpaired) electrons. The van der Waals surface area contributed by atoms with Crippen LogP contribution in [-0.4, -0.2) is 99.9 Å². The molecule has 0 amide bonds. The van der Waals surface area contributed by atoms with Crippen LogP contribution >= 0.6 is 15.6 Å². The number of aliphatic hydroxyl groups is 1. The summed E-state index contributed by atoms with van der Waals surface area (Å²) in [4.78, 5) is 45.6. The van der Waals surface area contributed by atoms with Crippen LogP contribution in [0.5, 0.6) is 0 Å². The molecule has 0 aliphatic carbocycles. The third-order valence-corrected chi connectivity index (χ3v) is 9.83. The number of fused-ring (bicyclic) bond motifs is 5. The number of nitrogens with zero attached hydrogens (tertiary/aromatic N) is 7. The van der Waals surface area contributed by atoms with Gasteiger partial charge in [0.15, 0.2) is 35.1 Å². The highest BCUT2D eigenvalue weighted by molar-refractivity contribution is 7.48. The second-order valence-electron chi connectivity index (χ2n) is 10.2. The van der Waals surface area contributed by atoms with Crippen molar-refractivity contribution in [2.24, 2.45) is 0 Å². The summed E-state index contributed by atoms with van der Waals surface area (Å²) in [6, 6.07) is 0. The number of imidazole rings is 2. The fourth-order valence-electron chi connectivity index (χ4n) is 5.38. The molecule has 22 nitrogen and oxygen atoms in total. The Hall–Kier alpha value is -3.40. The van der Waals surface area contributed by atoms with Gasteiger partial charge in [-0.1, -0.05) is 0 Å². The van der Waals surface area contributed by atoms with E-state index in [0.29, 0.717) is 0 Å². The molecule has 4 aromatic rings. The van der Waals surface area contributed by atoms with E-state index in [-0.39, 0.29) is 40.5 Å². The lowest BCUT2D eigenvalue weighted by molar-refractivity contribution is -0.0682. The normalized spacial score (nSPS) is 36.0. The smallest absolute Gasteiger partial charge is 0.386 e. The largest absolute Gasteiger partial charge is 0.475 e. The Kier molecular flexibility index (Phi) is 7.49. The minimum atomic E-state index is -4.90. The van der Waals surface area contributed by atoms with Gasteiger partial charge in [0.05, 0.1) is 32.0 Å². The Morgan fingerprint density at radius 2 is 1.73 bits per heavy atom. The number of nitrogens with two attached hydrogens (primary N) is 2. The number of hydrogen-bond acceptors (Lipinski definition) is 18. The number of aromatic nitrogens is 8. The second kappa shape index (κ2) is 11.1. The zero-order chi connectivity index (χ0) is 31.7. The molecular formula is C21H26N10O12P2. The molecule has 7 rings (SSSR count). The van der Waals surface area contributed by atoms with Crippen LogP contribution in [0.3, 0.4) is 0 Å². The number of nitrogen functional groups attached to an aromatic ring is 2. The molecule has 4 aromatic heterocycles. The van der Waals surface area contributed by atoms with Gasteiger partial charge in [-0.05, 0) is 0 Å². The third-order valence-electron chi connectivity index (χ3n) is 7.40. The molecule has 3 aliphatic rings. The van der Waals surface area contributed by atoms with Crippen molar-refractivity contribution in [3.63, 3.8) is 0 Å². The number of ether oxygens (including phenoxy) is 2. The molecule has 5 unspecified atom stereocenters. The summed E-state index contributed by atoms with van der Waals surface area (Å²) in [5.74, 6) is -0.119. The van der Waals surface area contributed by atoms with Gasteiger partial charge in [0.2, 0.25) is 5.95 Å². The van der Waals surface area contributed by atoms with Gasteiger partial charge < -0.3 is 30.9 Å². The topological polar surface area (TPSA) is 298 Å². The first-order chi connectivity index (χ1) is 21.4. The van der Waals surface area contributed by atoms with Gasteiger partial charge in [0, 0.05) is 13.5 Å². The van der Waals surface area contributed by atoms with E-state index in [1.165, 1.54) is 28.1 Å². The lowest BCUT2D eigenvalue weighted by Crippen LogP contribution is -2.36. The van der Waals surface area contributed by atoms with Crippen molar-refractivity contribution < 1.29 is 51.2 Å². The molecule has 3 saturated heterocycles. The highest BCUT2D eigenvalue weighted by Gasteiger charge is 2.52. The summed E-state index contributed by atoms with van der Waals surface area (Å²) < 4.78 is 68.7. The summed E-state index contributed by atoms with van der Waals surface area (Å²) in [6.07, 6.45) is -5.28. The minimum Gasteiger partial charge on any atom is -0.386 e. The monoisotopic (exact) mass is 672 g/mol. The number of rotatable bonds is 3. The van der Waals surface area contributed by atoms with E-state index in [9.17, 15) is 23.9 Å². The van der Waals surface area contributed by atoms with Gasteiger partial charge in [0.1, 0.15) is 36.3 Å². The number of nitrogens with one attached hydrogen (secondary N) is 1. The Labute approximate surface area is 250 Å². The molecule has 3 fully saturated rings. The Bertz CT molecular complexity index is 1920. The summed E-state index contributed by atoms with van der Waals surface area (Å²) in [7, 11) is -8.24. The van der Waals surface area contributed by atoms with E-state index in [1.807, 2.05) is 0 Å². The van der Waals surface area contributed by atoms with Gasteiger partial charge in [-0.3, -0.25) is 41.5 Å². The molecule has 45 heavy (non-hydrogen) atoms. The molecule has 0 aromatic carbocycles. The third kappa shape index (κ3) is 5.42. The van der Waals surface area contributed by atoms with Crippen LogP contribution in [0.25, 0.3) is 22.3 Å². The standard InChI is InChI=1S/C21H26N10O12P2/c1-37-45(36)39-4-10-14(13(32)20(41-10)30-6-26-11-15(22)24-5-25-16(11)30)43-44(34,35)38-3-8-2-9(42-45)19(40-8)31-7-27-12-17(31)28-21(23)29-18(12)33/h5-10,13-14,19-20,32H,2-4H2,1H3,(H,34,35)(H2,22,24,25)(H3,23,28,29,33)/t8?,9-,10?,13-,14-,19?,20-,45?/m1/s1. The molecule has 0 saturated carbocycles. The van der Waals surface area contributed by atoms with Crippen molar-refractivity contribution >= 4 is 49.7 Å². The minimum absolute atomic E-state index is 0.0307. The maximum Gasteiger partial charge on any atom is 0.475 e. The SMILES string of the molecule is COP1(=O)OCC2O[C@@H](n3cnc4c(N)ncnc43)[C@H](O)[C@@H]2OP(=O)(O)OCC2C[C@@H](O1)C(n1cnc3c(=O)[nH]c(N)nc31)O2. The van der Waals surface area contributed by atoms with E-state index in [0.717, 1.165) is 7.11 Å². The Morgan fingerprint density at radius 3 is 2.51 bits per heavy atom. The van der Waals surface area contributed by atoms with E-state index >= 15 is 0 Å². The van der Waals surface area contributed by atoms with E-state index in [4.69, 9.17) is 43.6 Å². The predicted molar refractivity (Wildman–Crippen MR) is 147 cm³/mol. The number of phosphoric acid groups is 2. The zero-order valence-electron chi connectivity index (χ0n) is 23.1. The lowest BCUT2D eigenvalue weighted by Gasteiger charge is -2.26. The highest BCUT2D eigenvalue weighted by Crippen LogP contribution is 2.55. The highest BCUT2D eigenvalue weighted by atomic mass is 31.2. The average molecular weight is 672 g/mol. The zero-order valence-corrected chi connectivity index (χ0v) is 24.8.